The molecule has 0 saturated carbocycles. The molecule has 1 saturated heterocycles. The third kappa shape index (κ3) is 3.48. The molecular weight excluding hydrogens is 399 g/mol. The molecule has 1 aromatic carbocycles. The van der Waals surface area contributed by atoms with E-state index in [4.69, 9.17) is 0 Å². The molecule has 3 aromatic heterocycles. The normalized spacial score (nSPS) is 15.3. The Labute approximate surface area is 178 Å². The van der Waals surface area contributed by atoms with Crippen LogP contribution in [0.2, 0.25) is 0 Å². The number of pyridine rings is 2. The summed E-state index contributed by atoms with van der Waals surface area (Å²) in [6.45, 7) is 4.59. The van der Waals surface area contributed by atoms with Gasteiger partial charge in [0.25, 0.3) is 5.56 Å². The summed E-state index contributed by atoms with van der Waals surface area (Å²) in [7, 11) is 1.73. The lowest BCUT2D eigenvalue weighted by Crippen LogP contribution is -2.47. The highest BCUT2D eigenvalue weighted by atomic mass is 32.1. The number of halogens is 1. The van der Waals surface area contributed by atoms with Gasteiger partial charge in [-0.15, -0.1) is 11.3 Å². The van der Waals surface area contributed by atoms with E-state index in [2.05, 4.69) is 32.3 Å². The molecule has 0 atom stereocenters. The van der Waals surface area contributed by atoms with Crippen LogP contribution in [0.15, 0.2) is 52.8 Å². The van der Waals surface area contributed by atoms with Crippen LogP contribution < -0.4 is 10.5 Å². The number of rotatable bonds is 4. The van der Waals surface area contributed by atoms with E-state index in [9.17, 15) is 9.18 Å². The number of nitrogens with zero attached hydrogens (tertiary/aromatic N) is 4. The Morgan fingerprint density at radius 3 is 2.73 bits per heavy atom. The van der Waals surface area contributed by atoms with E-state index < -0.39 is 0 Å². The zero-order valence-corrected chi connectivity index (χ0v) is 17.7. The third-order valence-electron chi connectivity index (χ3n) is 6.02. The summed E-state index contributed by atoms with van der Waals surface area (Å²) < 4.78 is 16.7. The van der Waals surface area contributed by atoms with Gasteiger partial charge in [-0.2, -0.15) is 0 Å². The van der Waals surface area contributed by atoms with Crippen LogP contribution in [0.5, 0.6) is 0 Å². The molecule has 4 aromatic rings. The summed E-state index contributed by atoms with van der Waals surface area (Å²) in [5.41, 5.74) is 1.64. The summed E-state index contributed by atoms with van der Waals surface area (Å²) in [6.07, 6.45) is 2.62. The predicted molar refractivity (Wildman–Crippen MR) is 121 cm³/mol. The van der Waals surface area contributed by atoms with Gasteiger partial charge < -0.3 is 9.47 Å². The molecule has 0 unspecified atom stereocenters. The lowest BCUT2D eigenvalue weighted by atomic mass is 10.1. The lowest BCUT2D eigenvalue weighted by molar-refractivity contribution is 0.261. The highest BCUT2D eigenvalue weighted by Gasteiger charge is 2.20. The van der Waals surface area contributed by atoms with Crippen molar-refractivity contribution >= 4 is 38.1 Å². The number of piperazine rings is 1. The first-order valence-corrected chi connectivity index (χ1v) is 11.1. The third-order valence-corrected chi connectivity index (χ3v) is 6.90. The summed E-state index contributed by atoms with van der Waals surface area (Å²) in [5.74, 6) is 0.799. The fourth-order valence-electron chi connectivity index (χ4n) is 4.30. The SMILES string of the molecule is Cn1c(=O)cc(CCN2CCN(c3nccc4sccc34)CC2)c2cc(F)ccc21. The number of benzene rings is 1. The molecule has 0 amide bonds. The van der Waals surface area contributed by atoms with Crippen molar-refractivity contribution in [3.8, 4) is 0 Å². The van der Waals surface area contributed by atoms with E-state index in [1.807, 2.05) is 6.20 Å². The smallest absolute Gasteiger partial charge is 0.251 e. The van der Waals surface area contributed by atoms with Crippen molar-refractivity contribution < 1.29 is 4.39 Å². The monoisotopic (exact) mass is 422 g/mol. The second-order valence-electron chi connectivity index (χ2n) is 7.77. The largest absolute Gasteiger partial charge is 0.354 e. The van der Waals surface area contributed by atoms with E-state index >= 15 is 0 Å². The molecule has 1 aliphatic rings. The van der Waals surface area contributed by atoms with Crippen molar-refractivity contribution in [3.63, 3.8) is 0 Å². The molecule has 5 nitrogen and oxygen atoms in total. The average Bonchev–Trinajstić information content (AvgIpc) is 3.25. The Bertz CT molecular complexity index is 1270. The second kappa shape index (κ2) is 7.81. The number of thiophene rings is 1. The van der Waals surface area contributed by atoms with E-state index in [1.54, 1.807) is 35.1 Å². The van der Waals surface area contributed by atoms with E-state index in [0.29, 0.717) is 0 Å². The Morgan fingerprint density at radius 2 is 1.90 bits per heavy atom. The molecule has 30 heavy (non-hydrogen) atoms. The summed E-state index contributed by atoms with van der Waals surface area (Å²) >= 11 is 1.74. The number of aryl methyl sites for hydroxylation is 1. The van der Waals surface area contributed by atoms with Crippen LogP contribution in [0.3, 0.4) is 0 Å². The van der Waals surface area contributed by atoms with E-state index in [1.165, 1.54) is 22.2 Å². The van der Waals surface area contributed by atoms with Gasteiger partial charge >= 0.3 is 0 Å². The lowest BCUT2D eigenvalue weighted by Gasteiger charge is -2.35. The van der Waals surface area contributed by atoms with E-state index in [-0.39, 0.29) is 11.4 Å². The van der Waals surface area contributed by atoms with Crippen LogP contribution in [-0.4, -0.2) is 47.2 Å². The van der Waals surface area contributed by atoms with Crippen LogP contribution in [0.25, 0.3) is 21.0 Å². The molecule has 5 rings (SSSR count). The Morgan fingerprint density at radius 1 is 1.07 bits per heavy atom. The minimum Gasteiger partial charge on any atom is -0.354 e. The van der Waals surface area contributed by atoms with Crippen molar-refractivity contribution in [1.82, 2.24) is 14.5 Å². The predicted octanol–water partition coefficient (Wildman–Crippen LogP) is 3.65. The zero-order chi connectivity index (χ0) is 20.7. The number of anilines is 1. The van der Waals surface area contributed by atoms with Gasteiger partial charge in [0.2, 0.25) is 0 Å². The van der Waals surface area contributed by atoms with Crippen molar-refractivity contribution in [1.29, 1.82) is 0 Å². The number of fused-ring (bicyclic) bond motifs is 2. The molecule has 4 heterocycles. The molecule has 0 N–H and O–H groups in total. The van der Waals surface area contributed by atoms with Gasteiger partial charge in [0.15, 0.2) is 0 Å². The number of aromatic nitrogens is 2. The fourth-order valence-corrected chi connectivity index (χ4v) is 5.08. The maximum Gasteiger partial charge on any atom is 0.251 e. The van der Waals surface area contributed by atoms with Crippen LogP contribution >= 0.6 is 11.3 Å². The topological polar surface area (TPSA) is 41.4 Å². The summed E-state index contributed by atoms with van der Waals surface area (Å²) in [6, 6.07) is 10.5. The maximum atomic E-state index is 13.8. The van der Waals surface area contributed by atoms with Crippen molar-refractivity contribution in [2.24, 2.45) is 7.05 Å². The number of hydrogen-bond donors (Lipinski definition) is 0. The molecule has 7 heteroatoms. The van der Waals surface area contributed by atoms with Gasteiger partial charge in [-0.3, -0.25) is 9.69 Å². The fraction of sp³-hybridized carbons (Fsp3) is 0.304. The van der Waals surface area contributed by atoms with Gasteiger partial charge in [0, 0.05) is 67.5 Å². The zero-order valence-electron chi connectivity index (χ0n) is 16.8. The van der Waals surface area contributed by atoms with Crippen molar-refractivity contribution in [2.45, 2.75) is 6.42 Å². The summed E-state index contributed by atoms with van der Waals surface area (Å²) in [4.78, 5) is 21.7. The minimum atomic E-state index is -0.272. The first-order chi connectivity index (χ1) is 14.6. The molecule has 1 aliphatic heterocycles. The second-order valence-corrected chi connectivity index (χ2v) is 8.72. The van der Waals surface area contributed by atoms with Crippen LogP contribution in [0.1, 0.15) is 5.56 Å². The first-order valence-electron chi connectivity index (χ1n) is 10.2. The Balaban J connectivity index is 1.29. The molecule has 0 bridgehead atoms. The van der Waals surface area contributed by atoms with E-state index in [0.717, 1.165) is 61.4 Å². The van der Waals surface area contributed by atoms with Crippen LogP contribution in [0, 0.1) is 5.82 Å². The van der Waals surface area contributed by atoms with Gasteiger partial charge in [-0.25, -0.2) is 9.37 Å². The molecule has 0 radical (unpaired) electrons. The molecular formula is C23H23FN4OS. The quantitative estimate of drug-likeness (QED) is 0.503. The molecule has 0 spiro atoms. The molecule has 1 fully saturated rings. The maximum absolute atomic E-state index is 13.8. The van der Waals surface area contributed by atoms with Gasteiger partial charge in [-0.1, -0.05) is 0 Å². The Hall–Kier alpha value is -2.77. The first kappa shape index (κ1) is 19.2. The van der Waals surface area contributed by atoms with Gasteiger partial charge in [0.1, 0.15) is 11.6 Å². The van der Waals surface area contributed by atoms with Crippen molar-refractivity contribution in [3.05, 3.63) is 69.7 Å². The molecule has 0 aliphatic carbocycles. The van der Waals surface area contributed by atoms with Gasteiger partial charge in [-0.05, 0) is 47.7 Å². The highest BCUT2D eigenvalue weighted by molar-refractivity contribution is 7.17. The molecule has 154 valence electrons. The van der Waals surface area contributed by atoms with Crippen molar-refractivity contribution in [2.75, 3.05) is 37.6 Å². The van der Waals surface area contributed by atoms with Gasteiger partial charge in [0.05, 0.1) is 5.52 Å². The Kier molecular flexibility index (Phi) is 5.00. The van der Waals surface area contributed by atoms with Crippen LogP contribution in [-0.2, 0) is 13.5 Å². The standard InChI is InChI=1S/C23H23FN4OS/c1-26-20-3-2-17(24)15-19(20)16(14-22(26)29)5-8-27-9-11-28(12-10-27)23-18-6-13-30-21(18)4-7-25-23/h2-4,6-7,13-15H,5,8-12H2,1H3. The average molecular weight is 423 g/mol. The minimum absolute atomic E-state index is 0.0520. The number of hydrogen-bond acceptors (Lipinski definition) is 5. The highest BCUT2D eigenvalue weighted by Crippen LogP contribution is 2.29. The van der Waals surface area contributed by atoms with Crippen LogP contribution in [0.4, 0.5) is 10.2 Å². The summed E-state index contributed by atoms with van der Waals surface area (Å²) in [5, 5.41) is 4.16.